The van der Waals surface area contributed by atoms with E-state index in [1.165, 1.54) is 0 Å². The lowest BCUT2D eigenvalue weighted by atomic mass is 9.89. The van der Waals surface area contributed by atoms with Gasteiger partial charge in [0.05, 0.1) is 52.4 Å². The molecule has 0 aromatic rings. The summed E-state index contributed by atoms with van der Waals surface area (Å²) in [5.41, 5.74) is 0. The van der Waals surface area contributed by atoms with E-state index in [1.807, 2.05) is 0 Å². The van der Waals surface area contributed by atoms with Crippen molar-refractivity contribution in [2.24, 2.45) is 5.92 Å². The van der Waals surface area contributed by atoms with Gasteiger partial charge in [-0.1, -0.05) is 13.8 Å². The second-order valence-electron chi connectivity index (χ2n) is 20.9. The second kappa shape index (κ2) is 28.4. The molecule has 7 rings (SSSR count). The van der Waals surface area contributed by atoms with Crippen LogP contribution in [0.3, 0.4) is 0 Å². The number of hydrogen-bond acceptors (Lipinski definition) is 35. The Balaban J connectivity index is 0.946. The molecule has 80 heavy (non-hydrogen) atoms. The van der Waals surface area contributed by atoms with Gasteiger partial charge in [0.2, 0.25) is 0 Å². The number of aliphatic hydroxyl groups is 22. The summed E-state index contributed by atoms with van der Waals surface area (Å²) < 4.78 is 73.2. The molecule has 7 fully saturated rings. The minimum absolute atomic E-state index is 0.312. The molecule has 0 aromatic carbocycles. The summed E-state index contributed by atoms with van der Waals surface area (Å²) in [4.78, 5) is 0. The Kier molecular flexibility index (Phi) is 23.5. The van der Waals surface area contributed by atoms with E-state index in [4.69, 9.17) is 61.6 Å². The van der Waals surface area contributed by atoms with Crippen LogP contribution in [-0.4, -0.2) is 373 Å². The number of rotatable bonds is 20. The second-order valence-corrected chi connectivity index (χ2v) is 20.9. The van der Waals surface area contributed by atoms with Crippen LogP contribution in [0.15, 0.2) is 0 Å². The molecule has 0 aliphatic carbocycles. The Morgan fingerprint density at radius 3 is 0.637 bits per heavy atom. The summed E-state index contributed by atoms with van der Waals surface area (Å²) in [6.07, 6.45) is -64.8. The van der Waals surface area contributed by atoms with Gasteiger partial charge in [0.25, 0.3) is 0 Å². The van der Waals surface area contributed by atoms with Crippen LogP contribution in [0.2, 0.25) is 0 Å². The van der Waals surface area contributed by atoms with E-state index in [0.29, 0.717) is 0 Å². The van der Waals surface area contributed by atoms with Crippen LogP contribution >= 0.6 is 0 Å². The van der Waals surface area contributed by atoms with Gasteiger partial charge in [-0.05, 0) is 5.92 Å². The van der Waals surface area contributed by atoms with Crippen LogP contribution in [0.25, 0.3) is 0 Å². The van der Waals surface area contributed by atoms with Crippen molar-refractivity contribution in [2.75, 3.05) is 46.2 Å². The van der Waals surface area contributed by atoms with Crippen LogP contribution in [0.4, 0.5) is 0 Å². The van der Waals surface area contributed by atoms with Gasteiger partial charge >= 0.3 is 0 Å². The first-order chi connectivity index (χ1) is 37.9. The van der Waals surface area contributed by atoms with E-state index in [9.17, 15) is 112 Å². The van der Waals surface area contributed by atoms with Gasteiger partial charge in [-0.15, -0.1) is 0 Å². The van der Waals surface area contributed by atoms with Crippen LogP contribution in [0, 0.1) is 5.92 Å². The summed E-state index contributed by atoms with van der Waals surface area (Å²) in [6, 6.07) is 0. The molecule has 0 spiro atoms. The Labute approximate surface area is 454 Å². The SMILES string of the molecule is CC(C)C1OC(CO)C(OC2OC(CO)C(OC3OC(CO)C(OC4OC(CO)C(OC5OC(CO)C(OC6OC(CO)C(OC7OC(CO)C(O)C(O)C7O)C(O)C6O)C(O)C5O)C(O)C4O)C(O)C3O)C(O)C2O)C(O)C1O. The molecule has 0 amide bonds. The van der Waals surface area contributed by atoms with Gasteiger partial charge in [-0.3, -0.25) is 0 Å². The molecule has 0 aromatic heterocycles. The quantitative estimate of drug-likeness (QED) is 0.0538. The maximum Gasteiger partial charge on any atom is 0.187 e. The topological polar surface area (TPSA) is 565 Å². The summed E-state index contributed by atoms with van der Waals surface area (Å²) >= 11 is 0. The van der Waals surface area contributed by atoms with Crippen LogP contribution in [-0.2, 0) is 61.6 Å². The van der Waals surface area contributed by atoms with Crippen molar-refractivity contribution < 1.29 is 174 Å². The van der Waals surface area contributed by atoms with Gasteiger partial charge in [0.15, 0.2) is 37.7 Å². The predicted octanol–water partition coefficient (Wildman–Crippen LogP) is -14.6. The first-order valence-corrected chi connectivity index (χ1v) is 25.9. The average molecular weight is 1180 g/mol. The Morgan fingerprint density at radius 1 is 0.237 bits per heavy atom. The van der Waals surface area contributed by atoms with E-state index >= 15 is 0 Å². The molecule has 35 atom stereocenters. The van der Waals surface area contributed by atoms with E-state index < -0.39 is 261 Å². The third kappa shape index (κ3) is 13.4. The van der Waals surface area contributed by atoms with E-state index in [0.717, 1.165) is 0 Å². The zero-order valence-electron chi connectivity index (χ0n) is 42.9. The van der Waals surface area contributed by atoms with Gasteiger partial charge in [-0.25, -0.2) is 0 Å². The lowest BCUT2D eigenvalue weighted by Crippen LogP contribution is -2.68. The Morgan fingerprint density at radius 2 is 0.425 bits per heavy atom. The van der Waals surface area contributed by atoms with Crippen molar-refractivity contribution in [1.29, 1.82) is 0 Å². The number of hydrogen-bond donors (Lipinski definition) is 22. The van der Waals surface area contributed by atoms with Crippen molar-refractivity contribution in [3.05, 3.63) is 0 Å². The molecular formula is C45H78O35. The lowest BCUT2D eigenvalue weighted by Gasteiger charge is -2.50. The van der Waals surface area contributed by atoms with Crippen molar-refractivity contribution in [1.82, 2.24) is 0 Å². The molecule has 7 aliphatic rings. The predicted molar refractivity (Wildman–Crippen MR) is 244 cm³/mol. The fourth-order valence-corrected chi connectivity index (χ4v) is 10.6. The number of aliphatic hydroxyl groups excluding tert-OH is 22. The van der Waals surface area contributed by atoms with Crippen molar-refractivity contribution in [2.45, 2.75) is 229 Å². The Hall–Kier alpha value is -1.40. The zero-order valence-corrected chi connectivity index (χ0v) is 42.9. The molecule has 7 saturated heterocycles. The molecule has 0 radical (unpaired) electrons. The highest BCUT2D eigenvalue weighted by Gasteiger charge is 2.58. The smallest absolute Gasteiger partial charge is 0.187 e. The monoisotopic (exact) mass is 1180 g/mol. The molecule has 0 bridgehead atoms. The van der Waals surface area contributed by atoms with E-state index in [2.05, 4.69) is 0 Å². The molecule has 7 heterocycles. The molecule has 35 heteroatoms. The first kappa shape index (κ1) is 66.1. The summed E-state index contributed by atoms with van der Waals surface area (Å²) in [5.74, 6) is -0.312. The minimum atomic E-state index is -2.22. The normalized spacial score (nSPS) is 52.5. The fourth-order valence-electron chi connectivity index (χ4n) is 10.6. The molecule has 0 saturated carbocycles. The van der Waals surface area contributed by atoms with Gasteiger partial charge in [0.1, 0.15) is 171 Å². The third-order valence-corrected chi connectivity index (χ3v) is 15.3. The maximum atomic E-state index is 11.3. The number of ether oxygens (including phenoxy) is 13. The lowest BCUT2D eigenvalue weighted by molar-refractivity contribution is -0.397. The van der Waals surface area contributed by atoms with Crippen molar-refractivity contribution in [3.63, 3.8) is 0 Å². The van der Waals surface area contributed by atoms with Crippen molar-refractivity contribution in [3.8, 4) is 0 Å². The molecule has 35 nitrogen and oxygen atoms in total. The van der Waals surface area contributed by atoms with Crippen LogP contribution < -0.4 is 0 Å². The summed E-state index contributed by atoms with van der Waals surface area (Å²) in [7, 11) is 0. The van der Waals surface area contributed by atoms with E-state index in [1.54, 1.807) is 13.8 Å². The largest absolute Gasteiger partial charge is 0.394 e. The molecule has 22 N–H and O–H groups in total. The van der Waals surface area contributed by atoms with Gasteiger partial charge < -0.3 is 174 Å². The zero-order chi connectivity index (χ0) is 58.9. The average Bonchev–Trinajstić information content (AvgIpc) is 3.44. The first-order valence-electron chi connectivity index (χ1n) is 25.9. The highest BCUT2D eigenvalue weighted by atomic mass is 16.8. The molecule has 7 aliphatic heterocycles. The highest BCUT2D eigenvalue weighted by molar-refractivity contribution is 5.01. The molecular weight excluding hydrogens is 1100 g/mol. The maximum absolute atomic E-state index is 11.3. The summed E-state index contributed by atoms with van der Waals surface area (Å²) in [5, 5.41) is 235. The van der Waals surface area contributed by atoms with Gasteiger partial charge in [-0.2, -0.15) is 0 Å². The fraction of sp³-hybridized carbons (Fsp3) is 1.00. The highest BCUT2D eigenvalue weighted by Crippen LogP contribution is 2.38. The third-order valence-electron chi connectivity index (χ3n) is 15.3. The van der Waals surface area contributed by atoms with E-state index in [-0.39, 0.29) is 5.92 Å². The van der Waals surface area contributed by atoms with Crippen LogP contribution in [0.5, 0.6) is 0 Å². The molecule has 35 unspecified atom stereocenters. The van der Waals surface area contributed by atoms with Crippen LogP contribution in [0.1, 0.15) is 13.8 Å². The summed E-state index contributed by atoms with van der Waals surface area (Å²) in [6.45, 7) is -3.22. The standard InChI is InChI=1S/C45H78O35/c1-10(2)33-20(55)21(56)34(12(4-47)68-33)75-41-28(63)23(58)36(14(6-49)70-41)77-43-30(65)25(60)38(16(8-51)72-43)79-45-32(67)26(61)39(17(9-52)74-45)80-44-31(66)24(59)37(15(7-50)73-44)78-42-29(64)22(57)35(13(5-48)71-42)76-40-27(62)19(54)18(53)11(3-46)69-40/h10-67H,3-9H2,1-2H3. The minimum Gasteiger partial charge on any atom is -0.394 e. The molecule has 468 valence electrons. The Bertz CT molecular complexity index is 1860. The van der Waals surface area contributed by atoms with Gasteiger partial charge in [0, 0.05) is 0 Å². The van der Waals surface area contributed by atoms with Crippen molar-refractivity contribution >= 4 is 0 Å².